The molecular formula is C17H24F3N3O6S. The Balaban J connectivity index is 0.000000396. The van der Waals surface area contributed by atoms with Crippen LogP contribution in [0.2, 0.25) is 0 Å². The van der Waals surface area contributed by atoms with Gasteiger partial charge in [-0.2, -0.15) is 17.5 Å². The van der Waals surface area contributed by atoms with Gasteiger partial charge in [0.1, 0.15) is 5.60 Å². The molecule has 1 aromatic rings. The Labute approximate surface area is 172 Å². The molecule has 2 aliphatic rings. The summed E-state index contributed by atoms with van der Waals surface area (Å²) < 4.78 is 68.7. The van der Waals surface area contributed by atoms with Crippen LogP contribution >= 0.6 is 0 Å². The van der Waals surface area contributed by atoms with Crippen LogP contribution in [0.1, 0.15) is 5.56 Å². The lowest BCUT2D eigenvalue weighted by molar-refractivity contribution is -0.192. The summed E-state index contributed by atoms with van der Waals surface area (Å²) in [6.07, 6.45) is -0.232. The first-order valence-corrected chi connectivity index (χ1v) is 10.8. The molecule has 170 valence electrons. The monoisotopic (exact) mass is 455 g/mol. The Bertz CT molecular complexity index is 809. The van der Waals surface area contributed by atoms with Gasteiger partial charge in [0.2, 0.25) is 10.0 Å². The number of carboxylic acids is 1. The van der Waals surface area contributed by atoms with Crippen molar-refractivity contribution >= 4 is 16.0 Å². The molecular weight excluding hydrogens is 431 g/mol. The van der Waals surface area contributed by atoms with E-state index < -0.39 is 27.8 Å². The maximum Gasteiger partial charge on any atom is 0.490 e. The normalized spacial score (nSPS) is 24.0. The van der Waals surface area contributed by atoms with Crippen LogP contribution in [0, 0.1) is 0 Å². The van der Waals surface area contributed by atoms with Crippen LogP contribution in [0.4, 0.5) is 13.2 Å². The van der Waals surface area contributed by atoms with Crippen molar-refractivity contribution in [2.45, 2.75) is 18.3 Å². The first-order valence-electron chi connectivity index (χ1n) is 8.99. The van der Waals surface area contributed by atoms with Gasteiger partial charge in [-0.15, -0.1) is 0 Å². The van der Waals surface area contributed by atoms with Gasteiger partial charge in [0.15, 0.2) is 0 Å². The second-order valence-corrected chi connectivity index (χ2v) is 9.04. The average Bonchev–Trinajstić information content (AvgIpc) is 2.85. The van der Waals surface area contributed by atoms with E-state index in [1.165, 1.54) is 10.6 Å². The van der Waals surface area contributed by atoms with Crippen molar-refractivity contribution in [3.8, 4) is 0 Å². The largest absolute Gasteiger partial charge is 0.490 e. The molecule has 0 aliphatic carbocycles. The fourth-order valence-electron chi connectivity index (χ4n) is 3.14. The first-order chi connectivity index (χ1) is 13.9. The number of hydrogen-bond acceptors (Lipinski definition) is 7. The van der Waals surface area contributed by atoms with Crippen LogP contribution in [0.3, 0.4) is 0 Å². The predicted molar refractivity (Wildman–Crippen MR) is 99.1 cm³/mol. The molecule has 3 rings (SSSR count). The zero-order valence-corrected chi connectivity index (χ0v) is 17.2. The van der Waals surface area contributed by atoms with Crippen molar-refractivity contribution in [2.75, 3.05) is 52.3 Å². The van der Waals surface area contributed by atoms with E-state index in [9.17, 15) is 21.6 Å². The van der Waals surface area contributed by atoms with Gasteiger partial charge in [0.25, 0.3) is 0 Å². The molecule has 2 saturated heterocycles. The number of pyridine rings is 1. The highest BCUT2D eigenvalue weighted by molar-refractivity contribution is 7.88. The van der Waals surface area contributed by atoms with Crippen molar-refractivity contribution in [3.63, 3.8) is 0 Å². The molecule has 1 aromatic heterocycles. The molecule has 2 fully saturated rings. The second-order valence-electron chi connectivity index (χ2n) is 7.06. The van der Waals surface area contributed by atoms with Gasteiger partial charge in [-0.05, 0) is 11.6 Å². The number of aromatic nitrogens is 1. The number of nitrogens with zero attached hydrogens (tertiary/aromatic N) is 3. The lowest BCUT2D eigenvalue weighted by Gasteiger charge is -2.43. The number of alkyl halides is 3. The minimum absolute atomic E-state index is 0.343. The molecule has 1 spiro atoms. The third-order valence-corrected chi connectivity index (χ3v) is 5.73. The highest BCUT2D eigenvalue weighted by atomic mass is 32.2. The Kier molecular flexibility index (Phi) is 8.16. The van der Waals surface area contributed by atoms with Crippen LogP contribution < -0.4 is 0 Å². The fourth-order valence-corrected chi connectivity index (χ4v) is 4.02. The number of sulfonamides is 1. The summed E-state index contributed by atoms with van der Waals surface area (Å²) in [5.74, 6) is -2.76. The maximum atomic E-state index is 11.9. The standard InChI is InChI=1S/C15H23N3O4S.C2HF3O2/c1-23(19,20)18-6-7-21-13-15(12-18)11-17(5-8-22-15)10-14-3-2-4-16-9-14;3-2(4,5)1(6)7/h2-4,9H,5-8,10-13H2,1H3;(H,6,7). The number of aliphatic carboxylic acids is 1. The third kappa shape index (κ3) is 7.47. The van der Waals surface area contributed by atoms with E-state index in [1.54, 1.807) is 6.20 Å². The van der Waals surface area contributed by atoms with Gasteiger partial charge in [-0.25, -0.2) is 13.2 Å². The van der Waals surface area contributed by atoms with Crippen molar-refractivity contribution in [2.24, 2.45) is 0 Å². The van der Waals surface area contributed by atoms with E-state index in [0.717, 1.165) is 18.7 Å². The average molecular weight is 455 g/mol. The molecule has 13 heteroatoms. The van der Waals surface area contributed by atoms with Crippen LogP contribution in [0.15, 0.2) is 24.5 Å². The lowest BCUT2D eigenvalue weighted by atomic mass is 10.0. The Morgan fingerprint density at radius 2 is 2.00 bits per heavy atom. The molecule has 0 radical (unpaired) electrons. The van der Waals surface area contributed by atoms with Gasteiger partial charge in [-0.3, -0.25) is 9.88 Å². The molecule has 0 aromatic carbocycles. The SMILES string of the molecule is CS(=O)(=O)N1CCOCC2(CN(Cc3cccnc3)CCO2)C1.O=C(O)C(F)(F)F. The molecule has 3 heterocycles. The van der Waals surface area contributed by atoms with Crippen molar-refractivity contribution in [1.82, 2.24) is 14.2 Å². The third-order valence-electron chi connectivity index (χ3n) is 4.48. The summed E-state index contributed by atoms with van der Waals surface area (Å²) >= 11 is 0. The van der Waals surface area contributed by atoms with Gasteiger partial charge in [0, 0.05) is 45.1 Å². The highest BCUT2D eigenvalue weighted by Crippen LogP contribution is 2.24. The summed E-state index contributed by atoms with van der Waals surface area (Å²) in [5, 5.41) is 7.12. The minimum Gasteiger partial charge on any atom is -0.475 e. The van der Waals surface area contributed by atoms with E-state index in [1.807, 2.05) is 18.3 Å². The van der Waals surface area contributed by atoms with Gasteiger partial charge in [0.05, 0.1) is 26.1 Å². The first kappa shape index (κ1) is 24.5. The molecule has 0 bridgehead atoms. The van der Waals surface area contributed by atoms with E-state index in [4.69, 9.17) is 19.4 Å². The summed E-state index contributed by atoms with van der Waals surface area (Å²) in [7, 11) is -3.26. The topological polar surface area (TPSA) is 109 Å². The smallest absolute Gasteiger partial charge is 0.475 e. The highest BCUT2D eigenvalue weighted by Gasteiger charge is 2.42. The molecule has 1 N–H and O–H groups in total. The van der Waals surface area contributed by atoms with E-state index in [0.29, 0.717) is 39.5 Å². The summed E-state index contributed by atoms with van der Waals surface area (Å²) in [6.45, 7) is 4.35. The van der Waals surface area contributed by atoms with Crippen molar-refractivity contribution in [1.29, 1.82) is 0 Å². The van der Waals surface area contributed by atoms with E-state index >= 15 is 0 Å². The molecule has 30 heavy (non-hydrogen) atoms. The minimum atomic E-state index is -5.08. The fraction of sp³-hybridized carbons (Fsp3) is 0.647. The Hall–Kier alpha value is -1.80. The van der Waals surface area contributed by atoms with E-state index in [-0.39, 0.29) is 0 Å². The summed E-state index contributed by atoms with van der Waals surface area (Å²) in [6, 6.07) is 3.97. The van der Waals surface area contributed by atoms with Crippen LogP contribution in [-0.2, 0) is 30.8 Å². The maximum absolute atomic E-state index is 11.9. The van der Waals surface area contributed by atoms with Crippen LogP contribution in [0.25, 0.3) is 0 Å². The van der Waals surface area contributed by atoms with E-state index in [2.05, 4.69) is 9.88 Å². The molecule has 0 saturated carbocycles. The molecule has 0 amide bonds. The molecule has 1 unspecified atom stereocenters. The summed E-state index contributed by atoms with van der Waals surface area (Å²) in [4.78, 5) is 15.3. The number of ether oxygens (including phenoxy) is 2. The zero-order valence-electron chi connectivity index (χ0n) is 16.3. The number of halogens is 3. The number of morpholine rings is 1. The molecule has 2 aliphatic heterocycles. The number of hydrogen-bond donors (Lipinski definition) is 1. The number of carbonyl (C=O) groups is 1. The second kappa shape index (κ2) is 10.0. The molecule has 9 nitrogen and oxygen atoms in total. The van der Waals surface area contributed by atoms with Gasteiger partial charge < -0.3 is 14.6 Å². The van der Waals surface area contributed by atoms with Crippen molar-refractivity contribution in [3.05, 3.63) is 30.1 Å². The Morgan fingerprint density at radius 3 is 2.57 bits per heavy atom. The lowest BCUT2D eigenvalue weighted by Crippen LogP contribution is -2.58. The van der Waals surface area contributed by atoms with Crippen LogP contribution in [0.5, 0.6) is 0 Å². The summed E-state index contributed by atoms with van der Waals surface area (Å²) in [5.41, 5.74) is 0.541. The zero-order chi connectivity index (χ0) is 22.4. The number of carboxylic acid groups (broad SMARTS) is 1. The van der Waals surface area contributed by atoms with Crippen molar-refractivity contribution < 1.29 is 41.0 Å². The van der Waals surface area contributed by atoms with Gasteiger partial charge >= 0.3 is 12.1 Å². The quantitative estimate of drug-likeness (QED) is 0.705. The Morgan fingerprint density at radius 1 is 1.30 bits per heavy atom. The molecule has 1 atom stereocenters. The predicted octanol–water partition coefficient (Wildman–Crippen LogP) is 0.578. The van der Waals surface area contributed by atoms with Crippen LogP contribution in [-0.4, -0.2) is 97.7 Å². The number of rotatable bonds is 3. The van der Waals surface area contributed by atoms with Gasteiger partial charge in [-0.1, -0.05) is 6.07 Å².